The van der Waals surface area contributed by atoms with Crippen molar-refractivity contribution in [1.29, 1.82) is 0 Å². The highest BCUT2D eigenvalue weighted by atomic mass is 16.6. The van der Waals surface area contributed by atoms with Gasteiger partial charge in [-0.2, -0.15) is 0 Å². The van der Waals surface area contributed by atoms with Crippen molar-refractivity contribution >= 4 is 17.9 Å². The monoisotopic (exact) mass is 849 g/mol. The topological polar surface area (TPSA) is 78.9 Å². The molecule has 356 valence electrons. The highest BCUT2D eigenvalue weighted by molar-refractivity contribution is 5.71. The summed E-state index contributed by atoms with van der Waals surface area (Å²) in [5.41, 5.74) is 0. The van der Waals surface area contributed by atoms with E-state index in [9.17, 15) is 14.4 Å². The smallest absolute Gasteiger partial charge is 0.306 e. The van der Waals surface area contributed by atoms with Gasteiger partial charge in [-0.05, 0) is 31.1 Å². The molecule has 0 aliphatic heterocycles. The molecular weight excluding hydrogens is 745 g/mol. The van der Waals surface area contributed by atoms with Crippen molar-refractivity contribution in [2.75, 3.05) is 13.2 Å². The molecule has 0 aromatic heterocycles. The number of hydrogen-bond acceptors (Lipinski definition) is 6. The summed E-state index contributed by atoms with van der Waals surface area (Å²) in [6.07, 6.45) is 48.1. The van der Waals surface area contributed by atoms with E-state index in [0.717, 1.165) is 69.6 Å². The molecule has 0 aromatic rings. The van der Waals surface area contributed by atoms with Gasteiger partial charge in [0.05, 0.1) is 0 Å². The van der Waals surface area contributed by atoms with Gasteiger partial charge in [-0.3, -0.25) is 14.4 Å². The Morgan fingerprint density at radius 2 is 0.633 bits per heavy atom. The van der Waals surface area contributed by atoms with E-state index in [4.69, 9.17) is 14.2 Å². The van der Waals surface area contributed by atoms with E-state index in [-0.39, 0.29) is 31.1 Å². The molecule has 0 saturated heterocycles. The standard InChI is InChI=1S/C54H104O6/c1-6-8-9-10-11-12-13-14-15-16-17-18-22-25-28-34-39-44-52(55)58-47-51(48-59-53(56)45-40-35-31-30-33-38-43-50(5)7-2)60-54(57)46-41-36-29-26-23-20-19-21-24-27-32-37-42-49(3)4/h49-51H,6-48H2,1-5H3/t50?,51-/m1/s1. The Morgan fingerprint density at radius 1 is 0.350 bits per heavy atom. The van der Waals surface area contributed by atoms with Crippen LogP contribution in [0.25, 0.3) is 0 Å². The minimum atomic E-state index is -0.762. The maximum absolute atomic E-state index is 12.8. The van der Waals surface area contributed by atoms with Crippen LogP contribution in [0.1, 0.15) is 298 Å². The van der Waals surface area contributed by atoms with Gasteiger partial charge in [0.1, 0.15) is 13.2 Å². The molecule has 0 N–H and O–H groups in total. The molecule has 0 saturated carbocycles. The lowest BCUT2D eigenvalue weighted by Crippen LogP contribution is -2.30. The lowest BCUT2D eigenvalue weighted by atomic mass is 10.00. The van der Waals surface area contributed by atoms with Gasteiger partial charge in [0.2, 0.25) is 0 Å². The second-order valence-electron chi connectivity index (χ2n) is 19.2. The molecule has 6 heteroatoms. The van der Waals surface area contributed by atoms with Crippen molar-refractivity contribution in [2.24, 2.45) is 11.8 Å². The predicted molar refractivity (Wildman–Crippen MR) is 256 cm³/mol. The largest absolute Gasteiger partial charge is 0.462 e. The molecule has 0 aromatic carbocycles. The highest BCUT2D eigenvalue weighted by Crippen LogP contribution is 2.18. The third-order valence-electron chi connectivity index (χ3n) is 12.6. The maximum atomic E-state index is 12.8. The summed E-state index contributed by atoms with van der Waals surface area (Å²) in [7, 11) is 0. The van der Waals surface area contributed by atoms with Gasteiger partial charge in [0.25, 0.3) is 0 Å². The molecule has 0 spiro atoms. The number of unbranched alkanes of at least 4 members (excludes halogenated alkanes) is 32. The van der Waals surface area contributed by atoms with Crippen molar-refractivity contribution in [3.05, 3.63) is 0 Å². The third-order valence-corrected chi connectivity index (χ3v) is 12.6. The maximum Gasteiger partial charge on any atom is 0.306 e. The van der Waals surface area contributed by atoms with E-state index in [0.29, 0.717) is 19.3 Å². The molecule has 0 amide bonds. The summed E-state index contributed by atoms with van der Waals surface area (Å²) in [4.78, 5) is 38.0. The van der Waals surface area contributed by atoms with Crippen LogP contribution < -0.4 is 0 Å². The zero-order valence-electron chi connectivity index (χ0n) is 41.1. The Bertz CT molecular complexity index is 918. The van der Waals surface area contributed by atoms with Crippen LogP contribution in [0.15, 0.2) is 0 Å². The number of carbonyl (C=O) groups excluding carboxylic acids is 3. The van der Waals surface area contributed by atoms with E-state index in [2.05, 4.69) is 34.6 Å². The van der Waals surface area contributed by atoms with Crippen LogP contribution in [0, 0.1) is 11.8 Å². The van der Waals surface area contributed by atoms with E-state index >= 15 is 0 Å². The lowest BCUT2D eigenvalue weighted by molar-refractivity contribution is -0.167. The molecule has 0 fully saturated rings. The van der Waals surface area contributed by atoms with Gasteiger partial charge in [0, 0.05) is 19.3 Å². The number of carbonyl (C=O) groups is 3. The zero-order chi connectivity index (χ0) is 44.0. The summed E-state index contributed by atoms with van der Waals surface area (Å²) < 4.78 is 16.8. The van der Waals surface area contributed by atoms with Crippen LogP contribution in [0.2, 0.25) is 0 Å². The Hall–Kier alpha value is -1.59. The first-order chi connectivity index (χ1) is 29.3. The second-order valence-corrected chi connectivity index (χ2v) is 19.2. The molecule has 60 heavy (non-hydrogen) atoms. The number of ether oxygens (including phenoxy) is 3. The fourth-order valence-electron chi connectivity index (χ4n) is 8.13. The first kappa shape index (κ1) is 58.4. The van der Waals surface area contributed by atoms with E-state index in [1.54, 1.807) is 0 Å². The second kappa shape index (κ2) is 46.9. The van der Waals surface area contributed by atoms with Crippen molar-refractivity contribution in [3.63, 3.8) is 0 Å². The van der Waals surface area contributed by atoms with Gasteiger partial charge < -0.3 is 14.2 Å². The van der Waals surface area contributed by atoms with Crippen LogP contribution in [0.5, 0.6) is 0 Å². The summed E-state index contributed by atoms with van der Waals surface area (Å²) in [6, 6.07) is 0. The third kappa shape index (κ3) is 45.9. The van der Waals surface area contributed by atoms with Crippen molar-refractivity contribution < 1.29 is 28.6 Å². The van der Waals surface area contributed by atoms with Crippen LogP contribution in [0.3, 0.4) is 0 Å². The lowest BCUT2D eigenvalue weighted by Gasteiger charge is -2.18. The number of hydrogen-bond donors (Lipinski definition) is 0. The van der Waals surface area contributed by atoms with Crippen LogP contribution in [-0.4, -0.2) is 37.2 Å². The van der Waals surface area contributed by atoms with Crippen molar-refractivity contribution in [2.45, 2.75) is 304 Å². The highest BCUT2D eigenvalue weighted by Gasteiger charge is 2.19. The van der Waals surface area contributed by atoms with Crippen LogP contribution in [0.4, 0.5) is 0 Å². The predicted octanol–water partition coefficient (Wildman–Crippen LogP) is 17.3. The van der Waals surface area contributed by atoms with Crippen LogP contribution >= 0.6 is 0 Å². The summed E-state index contributed by atoms with van der Waals surface area (Å²) in [5.74, 6) is 0.797. The van der Waals surface area contributed by atoms with Gasteiger partial charge in [0.15, 0.2) is 6.10 Å². The fourth-order valence-corrected chi connectivity index (χ4v) is 8.13. The molecule has 0 aliphatic rings. The van der Waals surface area contributed by atoms with Gasteiger partial charge in [-0.1, -0.05) is 259 Å². The number of esters is 3. The average Bonchev–Trinajstić information content (AvgIpc) is 3.23. The first-order valence-corrected chi connectivity index (χ1v) is 26.8. The Labute approximate surface area is 374 Å². The van der Waals surface area contributed by atoms with Gasteiger partial charge in [-0.25, -0.2) is 0 Å². The minimum absolute atomic E-state index is 0.0641. The van der Waals surface area contributed by atoms with Crippen molar-refractivity contribution in [1.82, 2.24) is 0 Å². The summed E-state index contributed by atoms with van der Waals surface area (Å²) >= 11 is 0. The van der Waals surface area contributed by atoms with E-state index in [1.165, 1.54) is 186 Å². The molecule has 0 aliphatic carbocycles. The van der Waals surface area contributed by atoms with Crippen molar-refractivity contribution in [3.8, 4) is 0 Å². The summed E-state index contributed by atoms with van der Waals surface area (Å²) in [5, 5.41) is 0. The Kier molecular flexibility index (Phi) is 45.7. The zero-order valence-corrected chi connectivity index (χ0v) is 41.1. The minimum Gasteiger partial charge on any atom is -0.462 e. The molecule has 2 atom stereocenters. The quantitative estimate of drug-likeness (QED) is 0.0345. The average molecular weight is 849 g/mol. The molecule has 0 radical (unpaired) electrons. The number of rotatable bonds is 48. The van der Waals surface area contributed by atoms with Crippen LogP contribution in [-0.2, 0) is 28.6 Å². The Morgan fingerprint density at radius 3 is 0.950 bits per heavy atom. The molecule has 0 heterocycles. The fraction of sp³-hybridized carbons (Fsp3) is 0.944. The molecular formula is C54H104O6. The normalized spacial score (nSPS) is 12.5. The molecule has 0 rings (SSSR count). The van der Waals surface area contributed by atoms with Gasteiger partial charge in [-0.15, -0.1) is 0 Å². The Balaban J connectivity index is 4.28. The van der Waals surface area contributed by atoms with E-state index < -0.39 is 6.10 Å². The van der Waals surface area contributed by atoms with Gasteiger partial charge >= 0.3 is 17.9 Å². The first-order valence-electron chi connectivity index (χ1n) is 26.8. The SMILES string of the molecule is CCCCCCCCCCCCCCCCCCCC(=O)OC[C@H](COC(=O)CCCCCCCCC(C)CC)OC(=O)CCCCCCCCCCCCCCC(C)C. The van der Waals surface area contributed by atoms with E-state index in [1.807, 2.05) is 0 Å². The molecule has 6 nitrogen and oxygen atoms in total. The molecule has 1 unspecified atom stereocenters. The summed E-state index contributed by atoms with van der Waals surface area (Å²) in [6.45, 7) is 11.4. The molecule has 0 bridgehead atoms.